The second kappa shape index (κ2) is 3.54. The standard InChI is InChI=1S/C11H10NO2/c1-8(14-7-13)10-6-12-11-5-3-2-4-9(10)11/h2-6,8,12H,1H3. The van der Waals surface area contributed by atoms with E-state index in [4.69, 9.17) is 4.74 Å². The Labute approximate surface area is 81.7 Å². The molecule has 71 valence electrons. The monoisotopic (exact) mass is 188 g/mol. The summed E-state index contributed by atoms with van der Waals surface area (Å²) in [4.78, 5) is 13.2. The van der Waals surface area contributed by atoms with E-state index in [2.05, 4.69) is 4.98 Å². The van der Waals surface area contributed by atoms with Crippen molar-refractivity contribution in [3.05, 3.63) is 36.0 Å². The zero-order chi connectivity index (χ0) is 9.97. The molecule has 1 unspecified atom stereocenters. The Balaban J connectivity index is 2.47. The largest absolute Gasteiger partial charge is 0.449 e. The van der Waals surface area contributed by atoms with Crippen LogP contribution in [0.2, 0.25) is 0 Å². The molecule has 0 fully saturated rings. The molecule has 3 nitrogen and oxygen atoms in total. The van der Waals surface area contributed by atoms with Crippen LogP contribution < -0.4 is 0 Å². The lowest BCUT2D eigenvalue weighted by atomic mass is 10.1. The summed E-state index contributed by atoms with van der Waals surface area (Å²) in [5, 5.41) is 1.08. The van der Waals surface area contributed by atoms with Crippen LogP contribution in [0.4, 0.5) is 0 Å². The van der Waals surface area contributed by atoms with Gasteiger partial charge >= 0.3 is 6.47 Å². The summed E-state index contributed by atoms with van der Waals surface area (Å²) < 4.78 is 4.77. The van der Waals surface area contributed by atoms with E-state index in [1.54, 1.807) is 0 Å². The normalized spacial score (nSPS) is 12.6. The van der Waals surface area contributed by atoms with Gasteiger partial charge in [-0.05, 0) is 13.0 Å². The highest BCUT2D eigenvalue weighted by atomic mass is 16.5. The Morgan fingerprint density at radius 2 is 2.21 bits per heavy atom. The lowest BCUT2D eigenvalue weighted by Crippen LogP contribution is -1.96. The predicted octanol–water partition coefficient (Wildman–Crippen LogP) is 2.31. The average Bonchev–Trinajstić information content (AvgIpc) is 2.61. The molecule has 1 N–H and O–H groups in total. The number of hydrogen-bond acceptors (Lipinski definition) is 2. The Morgan fingerprint density at radius 3 is 3.00 bits per heavy atom. The van der Waals surface area contributed by atoms with E-state index in [0.29, 0.717) is 0 Å². The number of carbonyl (C=O) groups excluding carboxylic acids is 1. The number of aromatic nitrogens is 1. The number of fused-ring (bicyclic) bond motifs is 1. The SMILES string of the molecule is CC(O[C]=O)c1c[nH]c2ccccc12. The summed E-state index contributed by atoms with van der Waals surface area (Å²) in [5.74, 6) is 0. The molecule has 0 amide bonds. The molecule has 3 heteroatoms. The first-order chi connectivity index (χ1) is 6.83. The molecule has 0 spiro atoms. The number of aromatic amines is 1. The van der Waals surface area contributed by atoms with Crippen LogP contribution in [0.5, 0.6) is 0 Å². The van der Waals surface area contributed by atoms with Gasteiger partial charge in [-0.3, -0.25) is 0 Å². The first kappa shape index (κ1) is 8.81. The summed E-state index contributed by atoms with van der Waals surface area (Å²) in [6.45, 7) is 3.28. The molecule has 0 bridgehead atoms. The van der Waals surface area contributed by atoms with Crippen LogP contribution in [0.1, 0.15) is 18.6 Å². The van der Waals surface area contributed by atoms with Crippen LogP contribution in [0.3, 0.4) is 0 Å². The zero-order valence-electron chi connectivity index (χ0n) is 7.78. The van der Waals surface area contributed by atoms with Crippen molar-refractivity contribution in [1.82, 2.24) is 4.98 Å². The Bertz CT molecular complexity index is 447. The zero-order valence-corrected chi connectivity index (χ0v) is 7.78. The fourth-order valence-corrected chi connectivity index (χ4v) is 1.57. The first-order valence-corrected chi connectivity index (χ1v) is 4.41. The van der Waals surface area contributed by atoms with Gasteiger partial charge in [0.05, 0.1) is 0 Å². The molecule has 0 saturated heterocycles. The van der Waals surface area contributed by atoms with Gasteiger partial charge in [-0.2, -0.15) is 0 Å². The number of ether oxygens (including phenoxy) is 1. The van der Waals surface area contributed by atoms with Crippen LogP contribution in [0, 0.1) is 0 Å². The molecular formula is C11H10NO2. The summed E-state index contributed by atoms with van der Waals surface area (Å²) in [6.07, 6.45) is 1.59. The number of para-hydroxylation sites is 1. The van der Waals surface area contributed by atoms with Gasteiger partial charge in [-0.1, -0.05) is 18.2 Å². The topological polar surface area (TPSA) is 42.1 Å². The van der Waals surface area contributed by atoms with Gasteiger partial charge in [0, 0.05) is 22.7 Å². The minimum atomic E-state index is -0.261. The average molecular weight is 188 g/mol. The summed E-state index contributed by atoms with van der Waals surface area (Å²) in [5.41, 5.74) is 2.02. The smallest absolute Gasteiger partial charge is 0.418 e. The number of hydrogen-bond donors (Lipinski definition) is 1. The van der Waals surface area contributed by atoms with Crippen LogP contribution >= 0.6 is 0 Å². The molecule has 1 radical (unpaired) electrons. The summed E-state index contributed by atoms with van der Waals surface area (Å²) >= 11 is 0. The maximum atomic E-state index is 10.1. The van der Waals surface area contributed by atoms with E-state index >= 15 is 0 Å². The van der Waals surface area contributed by atoms with Crippen molar-refractivity contribution in [2.45, 2.75) is 13.0 Å². The van der Waals surface area contributed by atoms with E-state index < -0.39 is 0 Å². The third kappa shape index (κ3) is 1.37. The molecular weight excluding hydrogens is 178 g/mol. The maximum Gasteiger partial charge on any atom is 0.418 e. The predicted molar refractivity (Wildman–Crippen MR) is 53.5 cm³/mol. The van der Waals surface area contributed by atoms with Gasteiger partial charge in [0.2, 0.25) is 0 Å². The third-order valence-electron chi connectivity index (χ3n) is 2.28. The third-order valence-corrected chi connectivity index (χ3v) is 2.28. The molecule has 0 aliphatic carbocycles. The van der Waals surface area contributed by atoms with Crippen molar-refractivity contribution in [3.8, 4) is 0 Å². The lowest BCUT2D eigenvalue weighted by Gasteiger charge is -2.06. The van der Waals surface area contributed by atoms with Gasteiger partial charge in [-0.15, -0.1) is 0 Å². The highest BCUT2D eigenvalue weighted by Gasteiger charge is 2.11. The quantitative estimate of drug-likeness (QED) is 0.803. The molecule has 14 heavy (non-hydrogen) atoms. The fraction of sp³-hybridized carbons (Fsp3) is 0.182. The van der Waals surface area contributed by atoms with Crippen molar-refractivity contribution >= 4 is 17.4 Å². The molecule has 1 atom stereocenters. The van der Waals surface area contributed by atoms with Crippen molar-refractivity contribution < 1.29 is 9.53 Å². The molecule has 0 saturated carbocycles. The van der Waals surface area contributed by atoms with Gasteiger partial charge in [-0.25, -0.2) is 4.79 Å². The molecule has 1 aromatic carbocycles. The Morgan fingerprint density at radius 1 is 1.43 bits per heavy atom. The number of H-pyrrole nitrogens is 1. The van der Waals surface area contributed by atoms with E-state index in [-0.39, 0.29) is 6.10 Å². The first-order valence-electron chi connectivity index (χ1n) is 4.41. The van der Waals surface area contributed by atoms with Crippen LogP contribution in [0.25, 0.3) is 10.9 Å². The highest BCUT2D eigenvalue weighted by Crippen LogP contribution is 2.25. The summed E-state index contributed by atoms with van der Waals surface area (Å²) in [6, 6.07) is 7.89. The molecule has 0 aliphatic rings. The van der Waals surface area contributed by atoms with Gasteiger partial charge < -0.3 is 9.72 Å². The molecule has 0 aliphatic heterocycles. The van der Waals surface area contributed by atoms with Gasteiger partial charge in [0.25, 0.3) is 0 Å². The van der Waals surface area contributed by atoms with E-state index in [9.17, 15) is 4.79 Å². The molecule has 2 rings (SSSR count). The number of benzene rings is 1. The number of nitrogens with one attached hydrogen (secondary N) is 1. The van der Waals surface area contributed by atoms with Crippen molar-refractivity contribution in [2.24, 2.45) is 0 Å². The Kier molecular flexibility index (Phi) is 2.23. The second-order valence-electron chi connectivity index (χ2n) is 3.13. The molecule has 1 aromatic heterocycles. The van der Waals surface area contributed by atoms with E-state index in [0.717, 1.165) is 16.5 Å². The van der Waals surface area contributed by atoms with Crippen molar-refractivity contribution in [2.75, 3.05) is 0 Å². The maximum absolute atomic E-state index is 10.1. The minimum Gasteiger partial charge on any atom is -0.449 e. The Hall–Kier alpha value is -1.77. The van der Waals surface area contributed by atoms with Crippen LogP contribution in [0.15, 0.2) is 30.5 Å². The lowest BCUT2D eigenvalue weighted by molar-refractivity contribution is 0.199. The minimum absolute atomic E-state index is 0.261. The van der Waals surface area contributed by atoms with Crippen LogP contribution in [-0.2, 0) is 9.53 Å². The van der Waals surface area contributed by atoms with Crippen LogP contribution in [-0.4, -0.2) is 11.5 Å². The highest BCUT2D eigenvalue weighted by molar-refractivity contribution is 5.83. The number of rotatable bonds is 3. The molecule has 1 heterocycles. The van der Waals surface area contributed by atoms with E-state index in [1.807, 2.05) is 37.4 Å². The summed E-state index contributed by atoms with van der Waals surface area (Å²) in [7, 11) is 0. The second-order valence-corrected chi connectivity index (χ2v) is 3.13. The molecule has 2 aromatic rings. The van der Waals surface area contributed by atoms with Gasteiger partial charge in [0.15, 0.2) is 0 Å². The van der Waals surface area contributed by atoms with Gasteiger partial charge in [0.1, 0.15) is 6.10 Å². The fourth-order valence-electron chi connectivity index (χ4n) is 1.57. The van der Waals surface area contributed by atoms with E-state index in [1.165, 1.54) is 6.47 Å². The van der Waals surface area contributed by atoms with Crippen molar-refractivity contribution in [3.63, 3.8) is 0 Å². The van der Waals surface area contributed by atoms with Crippen molar-refractivity contribution in [1.29, 1.82) is 0 Å².